The van der Waals surface area contributed by atoms with E-state index >= 15 is 0 Å². The van der Waals surface area contributed by atoms with Crippen molar-refractivity contribution in [3.63, 3.8) is 0 Å². The van der Waals surface area contributed by atoms with Crippen molar-refractivity contribution < 1.29 is 28.7 Å². The first-order valence-electron chi connectivity index (χ1n) is 9.65. The van der Waals surface area contributed by atoms with Crippen molar-refractivity contribution in [3.8, 4) is 17.2 Å². The minimum atomic E-state index is -0.370. The molecule has 2 aliphatic heterocycles. The normalized spacial score (nSPS) is 21.1. The number of anilines is 1. The van der Waals surface area contributed by atoms with Gasteiger partial charge in [0.05, 0.1) is 40.0 Å². The van der Waals surface area contributed by atoms with E-state index in [-0.39, 0.29) is 24.3 Å². The number of quaternary nitrogens is 1. The molecule has 0 saturated carbocycles. The largest absolute Gasteiger partial charge is 0.497 e. The van der Waals surface area contributed by atoms with Gasteiger partial charge in [0.2, 0.25) is 5.91 Å². The second-order valence-corrected chi connectivity index (χ2v) is 7.33. The van der Waals surface area contributed by atoms with Gasteiger partial charge in [-0.25, -0.2) is 4.90 Å². The molecule has 0 bridgehead atoms. The number of hydrogen-bond donors (Lipinski definition) is 1. The molecule has 2 atom stereocenters. The van der Waals surface area contributed by atoms with Gasteiger partial charge >= 0.3 is 0 Å². The third-order valence-electron chi connectivity index (χ3n) is 5.81. The molecule has 7 heteroatoms. The average Bonchev–Trinajstić information content (AvgIpc) is 3.06. The van der Waals surface area contributed by atoms with Crippen LogP contribution in [-0.4, -0.2) is 45.7 Å². The first-order valence-corrected chi connectivity index (χ1v) is 9.65. The van der Waals surface area contributed by atoms with E-state index in [1.165, 1.54) is 10.5 Å². The second-order valence-electron chi connectivity index (χ2n) is 7.33. The van der Waals surface area contributed by atoms with E-state index in [4.69, 9.17) is 14.2 Å². The molecule has 0 aromatic heterocycles. The number of benzene rings is 2. The highest BCUT2D eigenvalue weighted by Crippen LogP contribution is 2.31. The highest BCUT2D eigenvalue weighted by Gasteiger charge is 2.46. The van der Waals surface area contributed by atoms with E-state index < -0.39 is 0 Å². The van der Waals surface area contributed by atoms with Gasteiger partial charge in [0.1, 0.15) is 12.3 Å². The fraction of sp³-hybridized carbons (Fsp3) is 0.364. The number of nitrogens with zero attached hydrogens (tertiary/aromatic N) is 1. The summed E-state index contributed by atoms with van der Waals surface area (Å²) in [5.41, 5.74) is 2.92. The minimum absolute atomic E-state index is 0.140. The fourth-order valence-electron chi connectivity index (χ4n) is 4.24. The summed E-state index contributed by atoms with van der Waals surface area (Å²) in [6.07, 6.45) is 1.05. The lowest BCUT2D eigenvalue weighted by Gasteiger charge is -2.30. The molecule has 0 aliphatic carbocycles. The highest BCUT2D eigenvalue weighted by molar-refractivity contribution is 6.21. The van der Waals surface area contributed by atoms with Gasteiger partial charge < -0.3 is 19.1 Å². The van der Waals surface area contributed by atoms with Crippen molar-refractivity contribution in [2.24, 2.45) is 0 Å². The molecule has 1 saturated heterocycles. The Bertz CT molecular complexity index is 941. The molecule has 152 valence electrons. The zero-order valence-electron chi connectivity index (χ0n) is 16.9. The summed E-state index contributed by atoms with van der Waals surface area (Å²) >= 11 is 0. The van der Waals surface area contributed by atoms with Crippen LogP contribution in [0.25, 0.3) is 0 Å². The molecule has 2 heterocycles. The van der Waals surface area contributed by atoms with Crippen LogP contribution >= 0.6 is 0 Å². The van der Waals surface area contributed by atoms with Crippen molar-refractivity contribution >= 4 is 17.5 Å². The smallest absolute Gasteiger partial charge is 0.292 e. The Kier molecular flexibility index (Phi) is 5.15. The van der Waals surface area contributed by atoms with E-state index in [0.717, 1.165) is 23.4 Å². The van der Waals surface area contributed by atoms with E-state index in [2.05, 4.69) is 0 Å². The molecule has 2 aliphatic rings. The van der Waals surface area contributed by atoms with Crippen LogP contribution < -0.4 is 24.0 Å². The number of carbonyl (C=O) groups excluding carboxylic acids is 2. The number of carbonyl (C=O) groups is 2. The van der Waals surface area contributed by atoms with Crippen molar-refractivity contribution in [2.75, 3.05) is 32.8 Å². The quantitative estimate of drug-likeness (QED) is 0.762. The lowest BCUT2D eigenvalue weighted by atomic mass is 9.97. The lowest BCUT2D eigenvalue weighted by Crippen LogP contribution is -3.16. The molecule has 0 spiro atoms. The van der Waals surface area contributed by atoms with E-state index in [9.17, 15) is 9.59 Å². The van der Waals surface area contributed by atoms with Gasteiger partial charge in [-0.2, -0.15) is 0 Å². The molecule has 4 rings (SSSR count). The van der Waals surface area contributed by atoms with Gasteiger partial charge in [0.25, 0.3) is 5.91 Å². The molecular formula is C22H25N2O5+. The van der Waals surface area contributed by atoms with Crippen molar-refractivity contribution in [2.45, 2.75) is 25.4 Å². The third kappa shape index (κ3) is 3.42. The molecule has 0 radical (unpaired) electrons. The van der Waals surface area contributed by atoms with Gasteiger partial charge in [-0.3, -0.25) is 9.59 Å². The monoisotopic (exact) mass is 397 g/mol. The van der Waals surface area contributed by atoms with Gasteiger partial charge in [-0.05, 0) is 42.0 Å². The number of amides is 2. The summed E-state index contributed by atoms with van der Waals surface area (Å²) in [6.45, 7) is 1.47. The first-order chi connectivity index (χ1) is 14.0. The fourth-order valence-corrected chi connectivity index (χ4v) is 4.24. The predicted molar refractivity (Wildman–Crippen MR) is 107 cm³/mol. The Balaban J connectivity index is 1.55. The van der Waals surface area contributed by atoms with E-state index in [1.54, 1.807) is 45.6 Å². The molecule has 1 N–H and O–H groups in total. The maximum Gasteiger partial charge on any atom is 0.292 e. The Morgan fingerprint density at radius 2 is 1.59 bits per heavy atom. The minimum Gasteiger partial charge on any atom is -0.497 e. The molecule has 2 aromatic rings. The molecule has 2 aromatic carbocycles. The Morgan fingerprint density at radius 3 is 2.21 bits per heavy atom. The van der Waals surface area contributed by atoms with Crippen LogP contribution in [0.2, 0.25) is 0 Å². The van der Waals surface area contributed by atoms with Crippen LogP contribution in [0.3, 0.4) is 0 Å². The van der Waals surface area contributed by atoms with Crippen molar-refractivity contribution in [1.82, 2.24) is 0 Å². The number of fused-ring (bicyclic) bond motifs is 1. The number of hydrogen-bond acceptors (Lipinski definition) is 5. The predicted octanol–water partition coefficient (Wildman–Crippen LogP) is 0.985. The molecule has 2 amide bonds. The molecule has 1 fully saturated rings. The van der Waals surface area contributed by atoms with Crippen LogP contribution in [0.15, 0.2) is 36.4 Å². The first kappa shape index (κ1) is 19.3. The van der Waals surface area contributed by atoms with E-state index in [0.29, 0.717) is 29.5 Å². The van der Waals surface area contributed by atoms with Crippen LogP contribution in [0.5, 0.6) is 17.2 Å². The zero-order valence-corrected chi connectivity index (χ0v) is 16.9. The summed E-state index contributed by atoms with van der Waals surface area (Å²) in [5.74, 6) is 1.79. The standard InChI is InChI=1S/C22H24N2O5/c1-27-17-6-4-16(5-7-17)24-21(25)12-18(22(24)26)23-9-8-14-10-19(28-2)20(29-3)11-15(14)13-23/h4-7,10-11,18H,8-9,12-13H2,1-3H3/p+1/t18-/m0/s1. The van der Waals surface area contributed by atoms with Crippen LogP contribution in [0.4, 0.5) is 5.69 Å². The van der Waals surface area contributed by atoms with Gasteiger partial charge in [0, 0.05) is 12.0 Å². The van der Waals surface area contributed by atoms with Crippen LogP contribution in [0.1, 0.15) is 17.5 Å². The van der Waals surface area contributed by atoms with Crippen LogP contribution in [-0.2, 0) is 22.6 Å². The van der Waals surface area contributed by atoms with Gasteiger partial charge in [-0.1, -0.05) is 0 Å². The molecular weight excluding hydrogens is 372 g/mol. The maximum absolute atomic E-state index is 13.1. The highest BCUT2D eigenvalue weighted by atomic mass is 16.5. The van der Waals surface area contributed by atoms with Gasteiger partial charge in [0.15, 0.2) is 17.5 Å². The Hall–Kier alpha value is -3.06. The van der Waals surface area contributed by atoms with Crippen LogP contribution in [0, 0.1) is 0 Å². The van der Waals surface area contributed by atoms with E-state index in [1.807, 2.05) is 12.1 Å². The molecule has 1 unspecified atom stereocenters. The Labute approximate surface area is 169 Å². The van der Waals surface area contributed by atoms with Crippen molar-refractivity contribution in [3.05, 3.63) is 47.5 Å². The summed E-state index contributed by atoms with van der Waals surface area (Å²) in [4.78, 5) is 28.2. The SMILES string of the molecule is COc1ccc(N2C(=O)C[C@H]([NH+]3CCc4cc(OC)c(OC)cc4C3)C2=O)cc1. The zero-order chi connectivity index (χ0) is 20.5. The second kappa shape index (κ2) is 7.75. The summed E-state index contributed by atoms with van der Waals surface area (Å²) in [7, 11) is 4.82. The van der Waals surface area contributed by atoms with Gasteiger partial charge in [-0.15, -0.1) is 0 Å². The molecule has 29 heavy (non-hydrogen) atoms. The summed E-state index contributed by atoms with van der Waals surface area (Å²) in [5, 5.41) is 0. The number of methoxy groups -OCH3 is 3. The Morgan fingerprint density at radius 1 is 0.931 bits per heavy atom. The number of nitrogens with one attached hydrogen (secondary N) is 1. The number of ether oxygens (including phenoxy) is 3. The summed E-state index contributed by atoms with van der Waals surface area (Å²) < 4.78 is 16.0. The summed E-state index contributed by atoms with van der Waals surface area (Å²) in [6, 6.07) is 10.6. The third-order valence-corrected chi connectivity index (χ3v) is 5.81. The van der Waals surface area contributed by atoms with Crippen molar-refractivity contribution in [1.29, 1.82) is 0 Å². The number of imide groups is 1. The molecule has 7 nitrogen and oxygen atoms in total. The lowest BCUT2D eigenvalue weighted by molar-refractivity contribution is -0.930. The topological polar surface area (TPSA) is 69.5 Å². The average molecular weight is 397 g/mol. The maximum atomic E-state index is 13.1. The number of rotatable bonds is 5.